The first-order valence-corrected chi connectivity index (χ1v) is 8.52. The van der Waals surface area contributed by atoms with Crippen molar-refractivity contribution < 1.29 is 14.1 Å². The number of carbonyl (C=O) groups excluding carboxylic acids is 1. The van der Waals surface area contributed by atoms with Crippen LogP contribution in [-0.2, 0) is 11.2 Å². The molecule has 0 aliphatic carbocycles. The van der Waals surface area contributed by atoms with Crippen LogP contribution in [0.3, 0.4) is 0 Å². The molecule has 6 heteroatoms. The van der Waals surface area contributed by atoms with Crippen LogP contribution < -0.4 is 4.74 Å². The van der Waals surface area contributed by atoms with Gasteiger partial charge >= 0.3 is 0 Å². The van der Waals surface area contributed by atoms with Crippen molar-refractivity contribution in [3.05, 3.63) is 66.1 Å². The predicted molar refractivity (Wildman–Crippen MR) is 95.8 cm³/mol. The summed E-state index contributed by atoms with van der Waals surface area (Å²) in [7, 11) is 1.63. The molecule has 6 nitrogen and oxygen atoms in total. The molecule has 1 saturated heterocycles. The Kier molecular flexibility index (Phi) is 4.39. The van der Waals surface area contributed by atoms with E-state index < -0.39 is 0 Å². The Morgan fingerprint density at radius 1 is 1.15 bits per heavy atom. The molecule has 2 heterocycles. The Balaban J connectivity index is 1.33. The third kappa shape index (κ3) is 3.31. The zero-order valence-electron chi connectivity index (χ0n) is 14.5. The normalized spacial score (nSPS) is 14.1. The van der Waals surface area contributed by atoms with Gasteiger partial charge in [0.15, 0.2) is 0 Å². The number of hydrogen-bond acceptors (Lipinski definition) is 5. The van der Waals surface area contributed by atoms with Crippen LogP contribution in [0.4, 0.5) is 0 Å². The quantitative estimate of drug-likeness (QED) is 0.708. The van der Waals surface area contributed by atoms with E-state index in [2.05, 4.69) is 10.1 Å². The molecule has 0 atom stereocenters. The van der Waals surface area contributed by atoms with Gasteiger partial charge < -0.3 is 14.2 Å². The maximum Gasteiger partial charge on any atom is 0.233 e. The molecular weight excluding hydrogens is 330 g/mol. The second-order valence-corrected chi connectivity index (χ2v) is 6.34. The molecule has 1 fully saturated rings. The molecule has 0 unspecified atom stereocenters. The zero-order chi connectivity index (χ0) is 17.9. The number of amides is 1. The van der Waals surface area contributed by atoms with E-state index >= 15 is 0 Å². The summed E-state index contributed by atoms with van der Waals surface area (Å²) in [6.07, 6.45) is 0.385. The van der Waals surface area contributed by atoms with Crippen LogP contribution in [-0.4, -0.2) is 41.1 Å². The number of ether oxygens (including phenoxy) is 1. The summed E-state index contributed by atoms with van der Waals surface area (Å²) in [5.74, 6) is 2.19. The summed E-state index contributed by atoms with van der Waals surface area (Å²) in [4.78, 5) is 18.7. The Morgan fingerprint density at radius 3 is 2.58 bits per heavy atom. The van der Waals surface area contributed by atoms with Crippen molar-refractivity contribution in [3.8, 4) is 17.1 Å². The second kappa shape index (κ2) is 7.00. The number of hydrogen-bond donors (Lipinski definition) is 0. The van der Waals surface area contributed by atoms with E-state index in [1.54, 1.807) is 7.11 Å². The van der Waals surface area contributed by atoms with Crippen molar-refractivity contribution >= 4 is 5.91 Å². The largest absolute Gasteiger partial charge is 0.497 e. The molecule has 0 bridgehead atoms. The standard InChI is InChI=1S/C20H19N3O3/c1-25-17-9-7-14(8-10-17)11-18(24)23-12-16(13-23)20-21-19(22-26-20)15-5-3-2-4-6-15/h2-10,16H,11-13H2,1H3. The van der Waals surface area contributed by atoms with Crippen LogP contribution in [0.25, 0.3) is 11.4 Å². The number of carbonyl (C=O) groups is 1. The van der Waals surface area contributed by atoms with E-state index in [1.165, 1.54) is 0 Å². The Morgan fingerprint density at radius 2 is 1.88 bits per heavy atom. The van der Waals surface area contributed by atoms with E-state index in [0.717, 1.165) is 16.9 Å². The fourth-order valence-electron chi connectivity index (χ4n) is 2.97. The van der Waals surface area contributed by atoms with E-state index in [0.29, 0.717) is 31.2 Å². The first kappa shape index (κ1) is 16.3. The molecule has 1 aromatic heterocycles. The molecule has 0 spiro atoms. The lowest BCUT2D eigenvalue weighted by Crippen LogP contribution is -2.49. The van der Waals surface area contributed by atoms with Crippen LogP contribution in [0.15, 0.2) is 59.1 Å². The van der Waals surface area contributed by atoms with Gasteiger partial charge in [-0.25, -0.2) is 0 Å². The molecule has 132 valence electrons. The summed E-state index contributed by atoms with van der Waals surface area (Å²) >= 11 is 0. The van der Waals surface area contributed by atoms with Crippen molar-refractivity contribution in [1.29, 1.82) is 0 Å². The Labute approximate surface area is 151 Å². The number of benzene rings is 2. The van der Waals surface area contributed by atoms with Crippen LogP contribution >= 0.6 is 0 Å². The Hall–Kier alpha value is -3.15. The molecule has 1 amide bonds. The van der Waals surface area contributed by atoms with E-state index in [4.69, 9.17) is 9.26 Å². The van der Waals surface area contributed by atoms with Crippen molar-refractivity contribution in [3.63, 3.8) is 0 Å². The highest BCUT2D eigenvalue weighted by Gasteiger charge is 2.35. The highest BCUT2D eigenvalue weighted by Crippen LogP contribution is 2.28. The van der Waals surface area contributed by atoms with Crippen LogP contribution in [0.2, 0.25) is 0 Å². The molecule has 2 aromatic carbocycles. The minimum Gasteiger partial charge on any atom is -0.497 e. The molecule has 4 rings (SSSR count). The van der Waals surface area contributed by atoms with Gasteiger partial charge in [-0.05, 0) is 17.7 Å². The van der Waals surface area contributed by atoms with E-state index in [9.17, 15) is 4.79 Å². The van der Waals surface area contributed by atoms with E-state index in [1.807, 2.05) is 59.5 Å². The smallest absolute Gasteiger partial charge is 0.233 e. The number of aromatic nitrogens is 2. The molecule has 3 aromatic rings. The number of likely N-dealkylation sites (tertiary alicyclic amines) is 1. The van der Waals surface area contributed by atoms with Crippen molar-refractivity contribution in [2.24, 2.45) is 0 Å². The Bertz CT molecular complexity index is 884. The molecule has 0 radical (unpaired) electrons. The highest BCUT2D eigenvalue weighted by atomic mass is 16.5. The first-order valence-electron chi connectivity index (χ1n) is 8.52. The van der Waals surface area contributed by atoms with Gasteiger partial charge in [0.2, 0.25) is 17.6 Å². The van der Waals surface area contributed by atoms with Gasteiger partial charge in [-0.15, -0.1) is 0 Å². The summed E-state index contributed by atoms with van der Waals surface area (Å²) < 4.78 is 10.5. The third-order valence-electron chi connectivity index (χ3n) is 4.57. The second-order valence-electron chi connectivity index (χ2n) is 6.34. The van der Waals surface area contributed by atoms with Gasteiger partial charge in [0.05, 0.1) is 19.4 Å². The minimum atomic E-state index is 0.106. The zero-order valence-corrected chi connectivity index (χ0v) is 14.5. The summed E-state index contributed by atoms with van der Waals surface area (Å²) in [6.45, 7) is 1.23. The maximum atomic E-state index is 12.4. The summed E-state index contributed by atoms with van der Waals surface area (Å²) in [5.41, 5.74) is 1.90. The number of rotatable bonds is 5. The van der Waals surface area contributed by atoms with Gasteiger partial charge in [-0.1, -0.05) is 47.6 Å². The monoisotopic (exact) mass is 349 g/mol. The molecule has 0 saturated carbocycles. The minimum absolute atomic E-state index is 0.106. The average molecular weight is 349 g/mol. The van der Waals surface area contributed by atoms with Crippen molar-refractivity contribution in [2.45, 2.75) is 12.3 Å². The van der Waals surface area contributed by atoms with Crippen molar-refractivity contribution in [1.82, 2.24) is 15.0 Å². The fraction of sp³-hybridized carbons (Fsp3) is 0.250. The SMILES string of the molecule is COc1ccc(CC(=O)N2CC(c3nc(-c4ccccc4)no3)C2)cc1. The number of nitrogens with zero attached hydrogens (tertiary/aromatic N) is 3. The third-order valence-corrected chi connectivity index (χ3v) is 4.57. The van der Waals surface area contributed by atoms with Crippen molar-refractivity contribution in [2.75, 3.05) is 20.2 Å². The summed E-state index contributed by atoms with van der Waals surface area (Å²) in [5, 5.41) is 4.04. The van der Waals surface area contributed by atoms with Gasteiger partial charge in [0.1, 0.15) is 5.75 Å². The molecule has 26 heavy (non-hydrogen) atoms. The first-order chi connectivity index (χ1) is 12.7. The fourth-order valence-corrected chi connectivity index (χ4v) is 2.97. The van der Waals surface area contributed by atoms with Gasteiger partial charge in [0, 0.05) is 18.7 Å². The van der Waals surface area contributed by atoms with E-state index in [-0.39, 0.29) is 11.8 Å². The molecule has 1 aliphatic rings. The lowest BCUT2D eigenvalue weighted by molar-refractivity contribution is -0.135. The molecule has 1 aliphatic heterocycles. The van der Waals surface area contributed by atoms with Crippen LogP contribution in [0, 0.1) is 0 Å². The lowest BCUT2D eigenvalue weighted by atomic mass is 9.98. The number of methoxy groups -OCH3 is 1. The lowest BCUT2D eigenvalue weighted by Gasteiger charge is -2.37. The molecular formula is C20H19N3O3. The van der Waals surface area contributed by atoms with Crippen LogP contribution in [0.1, 0.15) is 17.4 Å². The average Bonchev–Trinajstić information content (AvgIpc) is 3.11. The van der Waals surface area contributed by atoms with Gasteiger partial charge in [-0.2, -0.15) is 4.98 Å². The van der Waals surface area contributed by atoms with Gasteiger partial charge in [0.25, 0.3) is 0 Å². The topological polar surface area (TPSA) is 68.5 Å². The van der Waals surface area contributed by atoms with Crippen LogP contribution in [0.5, 0.6) is 5.75 Å². The maximum absolute atomic E-state index is 12.4. The molecule has 0 N–H and O–H groups in total. The highest BCUT2D eigenvalue weighted by molar-refractivity contribution is 5.79. The van der Waals surface area contributed by atoms with Gasteiger partial charge in [-0.3, -0.25) is 4.79 Å². The predicted octanol–water partition coefficient (Wildman–Crippen LogP) is 2.91. The summed E-state index contributed by atoms with van der Waals surface area (Å²) in [6, 6.07) is 17.3.